The number of hydrogen-bond acceptors (Lipinski definition) is 4. The minimum atomic E-state index is -0.340. The first kappa shape index (κ1) is 11.8. The summed E-state index contributed by atoms with van der Waals surface area (Å²) in [6, 6.07) is 3.62. The van der Waals surface area contributed by atoms with E-state index < -0.39 is 0 Å². The number of aliphatic hydroxyl groups excluding tert-OH is 1. The van der Waals surface area contributed by atoms with Crippen molar-refractivity contribution < 1.29 is 5.11 Å². The molecule has 0 amide bonds. The Morgan fingerprint density at radius 3 is 2.56 bits per heavy atom. The van der Waals surface area contributed by atoms with E-state index in [1.54, 1.807) is 0 Å². The van der Waals surface area contributed by atoms with Crippen molar-refractivity contribution in [3.8, 4) is 6.07 Å². The topological polar surface area (TPSA) is 59.3 Å². The number of nitriles is 1. The average molecular weight is 223 g/mol. The SMILES string of the molecule is CN1C2CCC1CC(C#N)(NCCCO)C2. The van der Waals surface area contributed by atoms with Crippen LogP contribution >= 0.6 is 0 Å². The van der Waals surface area contributed by atoms with Crippen LogP contribution in [0.3, 0.4) is 0 Å². The summed E-state index contributed by atoms with van der Waals surface area (Å²) in [6.07, 6.45) is 5.05. The second-order valence-corrected chi connectivity index (χ2v) is 5.16. The number of piperidine rings is 1. The standard InChI is InChI=1S/C12H21N3O/c1-15-10-3-4-11(15)8-12(7-10,9-13)14-5-2-6-16/h10-11,14,16H,2-8H2,1H3. The van der Waals surface area contributed by atoms with Crippen LogP contribution in [0.25, 0.3) is 0 Å². The van der Waals surface area contributed by atoms with Gasteiger partial charge in [-0.15, -0.1) is 0 Å². The van der Waals surface area contributed by atoms with Gasteiger partial charge in [0.25, 0.3) is 0 Å². The monoisotopic (exact) mass is 223 g/mol. The first-order valence-electron chi connectivity index (χ1n) is 6.20. The van der Waals surface area contributed by atoms with Crippen molar-refractivity contribution in [2.24, 2.45) is 0 Å². The molecule has 2 heterocycles. The summed E-state index contributed by atoms with van der Waals surface area (Å²) in [6.45, 7) is 0.939. The van der Waals surface area contributed by atoms with Gasteiger partial charge in [-0.1, -0.05) is 0 Å². The molecule has 4 heteroatoms. The van der Waals surface area contributed by atoms with Crippen LogP contribution in [0.15, 0.2) is 0 Å². The third-order valence-electron chi connectivity index (χ3n) is 4.17. The lowest BCUT2D eigenvalue weighted by Crippen LogP contribution is -2.56. The number of fused-ring (bicyclic) bond motifs is 2. The summed E-state index contributed by atoms with van der Waals surface area (Å²) < 4.78 is 0. The molecule has 2 unspecified atom stereocenters. The van der Waals surface area contributed by atoms with E-state index in [0.717, 1.165) is 25.8 Å². The Kier molecular flexibility index (Phi) is 3.48. The summed E-state index contributed by atoms with van der Waals surface area (Å²) in [5.41, 5.74) is -0.340. The van der Waals surface area contributed by atoms with E-state index in [9.17, 15) is 5.26 Å². The van der Waals surface area contributed by atoms with Gasteiger partial charge < -0.3 is 10.0 Å². The molecule has 0 aromatic rings. The summed E-state index contributed by atoms with van der Waals surface area (Å²) in [5.74, 6) is 0. The predicted molar refractivity (Wildman–Crippen MR) is 61.9 cm³/mol. The molecule has 2 saturated heterocycles. The lowest BCUT2D eigenvalue weighted by Gasteiger charge is -2.41. The van der Waals surface area contributed by atoms with E-state index in [-0.39, 0.29) is 12.1 Å². The molecule has 90 valence electrons. The quantitative estimate of drug-likeness (QED) is 0.681. The molecule has 2 rings (SSSR count). The molecule has 2 atom stereocenters. The van der Waals surface area contributed by atoms with Crippen molar-refractivity contribution in [1.82, 2.24) is 10.2 Å². The van der Waals surface area contributed by atoms with Gasteiger partial charge in [-0.2, -0.15) is 5.26 Å². The summed E-state index contributed by atoms with van der Waals surface area (Å²) in [4.78, 5) is 2.43. The van der Waals surface area contributed by atoms with Gasteiger partial charge in [0.1, 0.15) is 5.54 Å². The highest BCUT2D eigenvalue weighted by Gasteiger charge is 2.46. The van der Waals surface area contributed by atoms with Crippen LogP contribution in [-0.4, -0.2) is 47.8 Å². The zero-order valence-electron chi connectivity index (χ0n) is 9.95. The second-order valence-electron chi connectivity index (χ2n) is 5.16. The molecule has 2 N–H and O–H groups in total. The van der Waals surface area contributed by atoms with Crippen LogP contribution in [0, 0.1) is 11.3 Å². The highest BCUT2D eigenvalue weighted by Crippen LogP contribution is 2.39. The van der Waals surface area contributed by atoms with Gasteiger partial charge in [-0.25, -0.2) is 0 Å². The Morgan fingerprint density at radius 1 is 1.44 bits per heavy atom. The molecule has 4 nitrogen and oxygen atoms in total. The zero-order valence-corrected chi connectivity index (χ0v) is 9.95. The fourth-order valence-electron chi connectivity index (χ4n) is 3.15. The van der Waals surface area contributed by atoms with E-state index in [1.807, 2.05) is 0 Å². The van der Waals surface area contributed by atoms with Gasteiger partial charge in [0.15, 0.2) is 0 Å². The zero-order chi connectivity index (χ0) is 11.6. The molecular weight excluding hydrogens is 202 g/mol. The van der Waals surface area contributed by atoms with Crippen molar-refractivity contribution in [2.75, 3.05) is 20.2 Å². The molecule has 2 aliphatic rings. The summed E-state index contributed by atoms with van der Waals surface area (Å²) in [5, 5.41) is 21.5. The van der Waals surface area contributed by atoms with Crippen LogP contribution in [0.4, 0.5) is 0 Å². The molecule has 0 spiro atoms. The van der Waals surface area contributed by atoms with Crippen LogP contribution in [0.2, 0.25) is 0 Å². The Hall–Kier alpha value is -0.630. The number of nitrogens with one attached hydrogen (secondary N) is 1. The van der Waals surface area contributed by atoms with E-state index >= 15 is 0 Å². The van der Waals surface area contributed by atoms with Crippen LogP contribution in [0.5, 0.6) is 0 Å². The fourth-order valence-corrected chi connectivity index (χ4v) is 3.15. The normalized spacial score (nSPS) is 38.6. The van der Waals surface area contributed by atoms with Gasteiger partial charge in [-0.05, 0) is 45.7 Å². The van der Waals surface area contributed by atoms with E-state index in [4.69, 9.17) is 5.11 Å². The third kappa shape index (κ3) is 2.08. The van der Waals surface area contributed by atoms with Crippen LogP contribution in [-0.2, 0) is 0 Å². The van der Waals surface area contributed by atoms with Crippen molar-refractivity contribution in [3.63, 3.8) is 0 Å². The van der Waals surface area contributed by atoms with Crippen molar-refractivity contribution >= 4 is 0 Å². The smallest absolute Gasteiger partial charge is 0.109 e. The van der Waals surface area contributed by atoms with Gasteiger partial charge in [0, 0.05) is 18.7 Å². The minimum absolute atomic E-state index is 0.196. The van der Waals surface area contributed by atoms with Gasteiger partial charge in [-0.3, -0.25) is 5.32 Å². The maximum absolute atomic E-state index is 9.40. The fraction of sp³-hybridized carbons (Fsp3) is 0.917. The molecule has 2 fully saturated rings. The molecule has 0 aliphatic carbocycles. The Bertz CT molecular complexity index is 272. The molecule has 0 radical (unpaired) electrons. The van der Waals surface area contributed by atoms with Gasteiger partial charge >= 0.3 is 0 Å². The second kappa shape index (κ2) is 4.70. The minimum Gasteiger partial charge on any atom is -0.396 e. The van der Waals surface area contributed by atoms with Crippen LogP contribution < -0.4 is 5.32 Å². The van der Waals surface area contributed by atoms with Gasteiger partial charge in [0.2, 0.25) is 0 Å². The average Bonchev–Trinajstić information content (AvgIpc) is 2.54. The van der Waals surface area contributed by atoms with Crippen molar-refractivity contribution in [1.29, 1.82) is 5.26 Å². The molecular formula is C12H21N3O. The molecule has 0 saturated carbocycles. The molecule has 0 aromatic heterocycles. The van der Waals surface area contributed by atoms with Crippen molar-refractivity contribution in [2.45, 2.75) is 49.7 Å². The Labute approximate surface area is 97.2 Å². The molecule has 0 aromatic carbocycles. The van der Waals surface area contributed by atoms with E-state index in [0.29, 0.717) is 12.1 Å². The lowest BCUT2D eigenvalue weighted by molar-refractivity contribution is 0.118. The number of aliphatic hydroxyl groups is 1. The number of rotatable bonds is 4. The number of hydrogen-bond donors (Lipinski definition) is 2. The molecule has 2 bridgehead atoms. The largest absolute Gasteiger partial charge is 0.396 e. The first-order chi connectivity index (χ1) is 7.71. The Balaban J connectivity index is 1.99. The summed E-state index contributed by atoms with van der Waals surface area (Å²) in [7, 11) is 2.18. The maximum atomic E-state index is 9.40. The highest BCUT2D eigenvalue weighted by molar-refractivity contribution is 5.15. The maximum Gasteiger partial charge on any atom is 0.109 e. The lowest BCUT2D eigenvalue weighted by atomic mass is 9.84. The Morgan fingerprint density at radius 2 is 2.06 bits per heavy atom. The highest BCUT2D eigenvalue weighted by atomic mass is 16.3. The first-order valence-corrected chi connectivity index (χ1v) is 6.20. The number of nitrogens with zero attached hydrogens (tertiary/aromatic N) is 2. The predicted octanol–water partition coefficient (Wildman–Crippen LogP) is 0.477. The van der Waals surface area contributed by atoms with E-state index in [2.05, 4.69) is 23.3 Å². The van der Waals surface area contributed by atoms with Gasteiger partial charge in [0.05, 0.1) is 6.07 Å². The molecule has 2 aliphatic heterocycles. The van der Waals surface area contributed by atoms with Crippen LogP contribution in [0.1, 0.15) is 32.1 Å². The third-order valence-corrected chi connectivity index (χ3v) is 4.17. The summed E-state index contributed by atoms with van der Waals surface area (Å²) >= 11 is 0. The van der Waals surface area contributed by atoms with Crippen molar-refractivity contribution in [3.05, 3.63) is 0 Å². The molecule has 16 heavy (non-hydrogen) atoms. The van der Waals surface area contributed by atoms with E-state index in [1.165, 1.54) is 12.8 Å².